The fourth-order valence-corrected chi connectivity index (χ4v) is 2.05. The molecule has 0 aliphatic heterocycles. The smallest absolute Gasteiger partial charge is 0.255 e. The van der Waals surface area contributed by atoms with Crippen molar-refractivity contribution in [2.24, 2.45) is 0 Å². The average Bonchev–Trinajstić information content (AvgIpc) is 2.37. The number of hydrogen-bond donors (Lipinski definition) is 3. The molecule has 0 bridgehead atoms. The molecular weight excluding hydrogens is 228 g/mol. The molecule has 0 amide bonds. The van der Waals surface area contributed by atoms with Crippen molar-refractivity contribution in [1.29, 1.82) is 0 Å². The minimum Gasteiger partial charge on any atom is -0.392 e. The maximum Gasteiger partial charge on any atom is 0.255 e. The Labute approximate surface area is 106 Å². The largest absolute Gasteiger partial charge is 0.392 e. The first-order valence-corrected chi connectivity index (χ1v) is 6.11. The Balaban J connectivity index is 2.39. The van der Waals surface area contributed by atoms with Crippen LogP contribution in [-0.4, -0.2) is 22.7 Å². The molecule has 2 aromatic rings. The molecule has 2 rings (SSSR count). The average molecular weight is 246 g/mol. The number of aromatic nitrogens is 1. The van der Waals surface area contributed by atoms with Gasteiger partial charge in [0.1, 0.15) is 0 Å². The number of hydrogen-bond acceptors (Lipinski definition) is 3. The van der Waals surface area contributed by atoms with Crippen LogP contribution in [0.4, 0.5) is 0 Å². The summed E-state index contributed by atoms with van der Waals surface area (Å²) in [7, 11) is 0. The Kier molecular flexibility index (Phi) is 3.79. The lowest BCUT2D eigenvalue weighted by atomic mass is 10.0. The molecule has 0 radical (unpaired) electrons. The van der Waals surface area contributed by atoms with Crippen LogP contribution < -0.4 is 10.9 Å². The number of aromatic amines is 1. The molecule has 1 aromatic carbocycles. The van der Waals surface area contributed by atoms with E-state index >= 15 is 0 Å². The van der Waals surface area contributed by atoms with Crippen LogP contribution in [-0.2, 0) is 0 Å². The highest BCUT2D eigenvalue weighted by atomic mass is 16.3. The first-order chi connectivity index (χ1) is 8.59. The molecule has 2 atom stereocenters. The summed E-state index contributed by atoms with van der Waals surface area (Å²) in [6.07, 6.45) is 1.35. The van der Waals surface area contributed by atoms with Crippen LogP contribution in [0, 0.1) is 0 Å². The Morgan fingerprint density at radius 2 is 1.94 bits per heavy atom. The Bertz CT molecular complexity index is 590. The van der Waals surface area contributed by atoms with E-state index in [-0.39, 0.29) is 17.7 Å². The molecule has 3 N–H and O–H groups in total. The van der Waals surface area contributed by atoms with Gasteiger partial charge >= 0.3 is 0 Å². The highest BCUT2D eigenvalue weighted by molar-refractivity contribution is 5.84. The molecule has 0 spiro atoms. The third-order valence-corrected chi connectivity index (χ3v) is 3.03. The second-order valence-electron chi connectivity index (χ2n) is 4.60. The fraction of sp³-hybridized carbons (Fsp3) is 0.357. The minimum absolute atomic E-state index is 0.0707. The highest BCUT2D eigenvalue weighted by Gasteiger charge is 2.11. The van der Waals surface area contributed by atoms with Crippen LogP contribution >= 0.6 is 0 Å². The number of H-pyrrole nitrogens is 1. The SMILES string of the molecule is CC(NC[C@@H](C)O)c1c[nH]c(=O)c2ccccc12. The quantitative estimate of drug-likeness (QED) is 0.767. The van der Waals surface area contributed by atoms with E-state index in [0.29, 0.717) is 11.9 Å². The van der Waals surface area contributed by atoms with Crippen molar-refractivity contribution in [3.8, 4) is 0 Å². The van der Waals surface area contributed by atoms with Crippen molar-refractivity contribution in [3.05, 3.63) is 46.4 Å². The van der Waals surface area contributed by atoms with Gasteiger partial charge in [0.05, 0.1) is 6.10 Å². The van der Waals surface area contributed by atoms with Crippen molar-refractivity contribution >= 4 is 10.8 Å². The molecule has 1 heterocycles. The summed E-state index contributed by atoms with van der Waals surface area (Å²) < 4.78 is 0. The molecule has 0 aliphatic carbocycles. The lowest BCUT2D eigenvalue weighted by Crippen LogP contribution is -2.27. The van der Waals surface area contributed by atoms with Gasteiger partial charge in [-0.1, -0.05) is 18.2 Å². The maximum absolute atomic E-state index is 11.7. The Morgan fingerprint density at radius 3 is 2.61 bits per heavy atom. The molecule has 1 aromatic heterocycles. The molecule has 0 fully saturated rings. The summed E-state index contributed by atoms with van der Waals surface area (Å²) in [5, 5.41) is 14.2. The third-order valence-electron chi connectivity index (χ3n) is 3.03. The zero-order valence-electron chi connectivity index (χ0n) is 10.6. The third kappa shape index (κ3) is 2.60. The van der Waals surface area contributed by atoms with Gasteiger partial charge in [0.15, 0.2) is 0 Å². The van der Waals surface area contributed by atoms with Crippen molar-refractivity contribution < 1.29 is 5.11 Å². The number of aliphatic hydroxyl groups is 1. The molecule has 0 aliphatic rings. The normalized spacial score (nSPS) is 14.6. The van der Waals surface area contributed by atoms with E-state index in [2.05, 4.69) is 10.3 Å². The van der Waals surface area contributed by atoms with Gasteiger partial charge in [-0.15, -0.1) is 0 Å². The van der Waals surface area contributed by atoms with E-state index in [4.69, 9.17) is 0 Å². The Morgan fingerprint density at radius 1 is 1.28 bits per heavy atom. The summed E-state index contributed by atoms with van der Waals surface area (Å²) in [6.45, 7) is 4.28. The Hall–Kier alpha value is -1.65. The van der Waals surface area contributed by atoms with Gasteiger partial charge < -0.3 is 15.4 Å². The minimum atomic E-state index is -0.388. The lowest BCUT2D eigenvalue weighted by Gasteiger charge is -2.17. The van der Waals surface area contributed by atoms with Crippen molar-refractivity contribution in [3.63, 3.8) is 0 Å². The van der Waals surface area contributed by atoms with Crippen LogP contribution in [0.5, 0.6) is 0 Å². The molecule has 4 nitrogen and oxygen atoms in total. The van der Waals surface area contributed by atoms with E-state index in [1.165, 1.54) is 0 Å². The summed E-state index contributed by atoms with van der Waals surface area (Å²) in [6, 6.07) is 7.61. The first kappa shape index (κ1) is 12.8. The van der Waals surface area contributed by atoms with Crippen LogP contribution in [0.2, 0.25) is 0 Å². The van der Waals surface area contributed by atoms with Crippen molar-refractivity contribution in [2.75, 3.05) is 6.54 Å². The predicted octanol–water partition coefficient (Wildman–Crippen LogP) is 1.56. The van der Waals surface area contributed by atoms with Crippen LogP contribution in [0.3, 0.4) is 0 Å². The zero-order valence-corrected chi connectivity index (χ0v) is 10.6. The standard InChI is InChI=1S/C14H18N2O2/c1-9(17)7-15-10(2)13-8-16-14(18)12-6-4-3-5-11(12)13/h3-6,8-10,15,17H,7H2,1-2H3,(H,16,18)/t9-,10?/m1/s1. The number of pyridine rings is 1. The number of aliphatic hydroxyl groups excluding tert-OH is 1. The zero-order chi connectivity index (χ0) is 13.1. The van der Waals surface area contributed by atoms with Crippen LogP contribution in [0.15, 0.2) is 35.3 Å². The van der Waals surface area contributed by atoms with Crippen molar-refractivity contribution in [2.45, 2.75) is 26.0 Å². The van der Waals surface area contributed by atoms with E-state index < -0.39 is 0 Å². The first-order valence-electron chi connectivity index (χ1n) is 6.11. The molecule has 4 heteroatoms. The van der Waals surface area contributed by atoms with Gasteiger partial charge in [-0.05, 0) is 30.9 Å². The summed E-state index contributed by atoms with van der Waals surface area (Å²) in [5.74, 6) is 0. The van der Waals surface area contributed by atoms with Crippen LogP contribution in [0.1, 0.15) is 25.5 Å². The van der Waals surface area contributed by atoms with Gasteiger partial charge in [0, 0.05) is 24.2 Å². The molecule has 0 saturated carbocycles. The molecule has 1 unspecified atom stereocenters. The summed E-state index contributed by atoms with van der Waals surface area (Å²) >= 11 is 0. The van der Waals surface area contributed by atoms with Gasteiger partial charge in [-0.25, -0.2) is 0 Å². The van der Waals surface area contributed by atoms with E-state index in [1.54, 1.807) is 13.1 Å². The number of fused-ring (bicyclic) bond motifs is 1. The monoisotopic (exact) mass is 246 g/mol. The van der Waals surface area contributed by atoms with E-state index in [9.17, 15) is 9.90 Å². The summed E-state index contributed by atoms with van der Waals surface area (Å²) in [5.41, 5.74) is 0.961. The van der Waals surface area contributed by atoms with E-state index in [0.717, 1.165) is 10.9 Å². The van der Waals surface area contributed by atoms with Gasteiger partial charge in [-0.3, -0.25) is 4.79 Å². The second kappa shape index (κ2) is 5.33. The summed E-state index contributed by atoms with van der Waals surface area (Å²) in [4.78, 5) is 14.5. The van der Waals surface area contributed by atoms with Gasteiger partial charge in [-0.2, -0.15) is 0 Å². The topological polar surface area (TPSA) is 65.1 Å². The number of nitrogens with one attached hydrogen (secondary N) is 2. The molecule has 18 heavy (non-hydrogen) atoms. The predicted molar refractivity (Wildman–Crippen MR) is 72.7 cm³/mol. The van der Waals surface area contributed by atoms with Crippen molar-refractivity contribution in [1.82, 2.24) is 10.3 Å². The molecule has 0 saturated heterocycles. The van der Waals surface area contributed by atoms with E-state index in [1.807, 2.05) is 31.2 Å². The second-order valence-corrected chi connectivity index (χ2v) is 4.60. The number of benzene rings is 1. The highest BCUT2D eigenvalue weighted by Crippen LogP contribution is 2.20. The van der Waals surface area contributed by atoms with Crippen LogP contribution in [0.25, 0.3) is 10.8 Å². The lowest BCUT2D eigenvalue weighted by molar-refractivity contribution is 0.187. The molecule has 96 valence electrons. The van der Waals surface area contributed by atoms with Gasteiger partial charge in [0.25, 0.3) is 5.56 Å². The molecular formula is C14H18N2O2. The number of rotatable bonds is 4. The maximum atomic E-state index is 11.7. The van der Waals surface area contributed by atoms with Gasteiger partial charge in [0.2, 0.25) is 0 Å². The fourth-order valence-electron chi connectivity index (χ4n) is 2.05.